The van der Waals surface area contributed by atoms with Gasteiger partial charge in [0.15, 0.2) is 10.9 Å². The zero-order valence-electron chi connectivity index (χ0n) is 30.1. The molecule has 51 heavy (non-hydrogen) atoms. The number of nitrogens with one attached hydrogen (secondary N) is 4. The van der Waals surface area contributed by atoms with Crippen molar-refractivity contribution in [1.82, 2.24) is 25.8 Å². The number of ether oxygens (including phenoxy) is 1. The van der Waals surface area contributed by atoms with Crippen molar-refractivity contribution in [3.8, 4) is 0 Å². The Balaban J connectivity index is 1.21. The van der Waals surface area contributed by atoms with Crippen molar-refractivity contribution in [3.05, 3.63) is 60.2 Å². The number of carbonyl (C=O) groups is 5. The highest BCUT2D eigenvalue weighted by Crippen LogP contribution is 2.30. The van der Waals surface area contributed by atoms with E-state index in [2.05, 4.69) is 26.3 Å². The minimum atomic E-state index is -0.994. The van der Waals surface area contributed by atoms with E-state index in [0.717, 1.165) is 15.8 Å². The Kier molecular flexibility index (Phi) is 12.5. The fourth-order valence-electron chi connectivity index (χ4n) is 6.35. The van der Waals surface area contributed by atoms with E-state index >= 15 is 0 Å². The molecule has 0 saturated carbocycles. The quantitative estimate of drug-likeness (QED) is 0.166. The molecule has 3 aromatic rings. The molecule has 0 bridgehead atoms. The Morgan fingerprint density at radius 3 is 2.06 bits per heavy atom. The molecule has 0 spiro atoms. The molecule has 5 amide bonds. The molecule has 2 aromatic carbocycles. The van der Waals surface area contributed by atoms with Gasteiger partial charge in [-0.3, -0.25) is 19.2 Å². The number of likely N-dealkylation sites (tertiary alicyclic amines) is 1. The monoisotopic (exact) mass is 718 g/mol. The van der Waals surface area contributed by atoms with Gasteiger partial charge in [0, 0.05) is 25.4 Å². The zero-order chi connectivity index (χ0) is 36.7. The number of epoxide rings is 1. The maximum Gasteiger partial charge on any atom is 0.318 e. The van der Waals surface area contributed by atoms with Crippen LogP contribution in [0.25, 0.3) is 10.2 Å². The van der Waals surface area contributed by atoms with Gasteiger partial charge in [-0.15, -0.1) is 0 Å². The van der Waals surface area contributed by atoms with Crippen LogP contribution in [0, 0.1) is 17.8 Å². The second-order valence-electron chi connectivity index (χ2n) is 14.7. The predicted molar refractivity (Wildman–Crippen MR) is 197 cm³/mol. The molecule has 274 valence electrons. The molecule has 0 aliphatic carbocycles. The first-order chi connectivity index (χ1) is 24.3. The van der Waals surface area contributed by atoms with Gasteiger partial charge in [0.05, 0.1) is 22.9 Å². The number of anilines is 1. The van der Waals surface area contributed by atoms with Crippen LogP contribution in [-0.4, -0.2) is 82.8 Å². The van der Waals surface area contributed by atoms with Crippen molar-refractivity contribution in [2.75, 3.05) is 25.0 Å². The smallest absolute Gasteiger partial charge is 0.318 e. The topological polar surface area (TPSA) is 162 Å². The van der Waals surface area contributed by atoms with Gasteiger partial charge in [0.1, 0.15) is 17.7 Å². The Morgan fingerprint density at radius 2 is 1.43 bits per heavy atom. The lowest BCUT2D eigenvalue weighted by atomic mass is 9.93. The molecular formula is C38H50N6O6S. The molecule has 4 atom stereocenters. The van der Waals surface area contributed by atoms with Crippen LogP contribution in [0.2, 0.25) is 0 Å². The van der Waals surface area contributed by atoms with Gasteiger partial charge in [-0.2, -0.15) is 0 Å². The van der Waals surface area contributed by atoms with Gasteiger partial charge in [0.2, 0.25) is 17.7 Å². The summed E-state index contributed by atoms with van der Waals surface area (Å²) in [7, 11) is 0. The van der Waals surface area contributed by atoms with Gasteiger partial charge >= 0.3 is 6.03 Å². The highest BCUT2D eigenvalue weighted by molar-refractivity contribution is 7.22. The summed E-state index contributed by atoms with van der Waals surface area (Å²) < 4.78 is 6.39. The molecule has 2 aliphatic rings. The number of ketones is 1. The van der Waals surface area contributed by atoms with Gasteiger partial charge in [-0.25, -0.2) is 9.78 Å². The number of urea groups is 1. The number of nitrogens with zero attached hydrogens (tertiary/aromatic N) is 2. The van der Waals surface area contributed by atoms with E-state index < -0.39 is 41.6 Å². The Labute approximate surface area is 303 Å². The number of rotatable bonds is 15. The Bertz CT molecular complexity index is 1670. The van der Waals surface area contributed by atoms with E-state index in [1.165, 1.54) is 11.3 Å². The summed E-state index contributed by atoms with van der Waals surface area (Å²) in [6.07, 6.45) is 1.93. The van der Waals surface area contributed by atoms with E-state index in [4.69, 9.17) is 4.74 Å². The number of hydrogen-bond donors (Lipinski definition) is 4. The maximum absolute atomic E-state index is 13.9. The Morgan fingerprint density at radius 1 is 0.843 bits per heavy atom. The van der Waals surface area contributed by atoms with Crippen molar-refractivity contribution in [2.24, 2.45) is 17.8 Å². The minimum absolute atomic E-state index is 0.0618. The summed E-state index contributed by atoms with van der Waals surface area (Å²) in [4.78, 5) is 73.6. The predicted octanol–water partition coefficient (Wildman–Crippen LogP) is 4.69. The fraction of sp³-hybridized carbons (Fsp3) is 0.526. The van der Waals surface area contributed by atoms with E-state index in [0.29, 0.717) is 50.5 Å². The number of benzene rings is 2. The first kappa shape index (κ1) is 37.9. The molecule has 2 saturated heterocycles. The van der Waals surface area contributed by atoms with Crippen molar-refractivity contribution in [3.63, 3.8) is 0 Å². The lowest BCUT2D eigenvalue weighted by Gasteiger charge is -2.33. The number of aromatic nitrogens is 1. The van der Waals surface area contributed by atoms with E-state index in [1.807, 2.05) is 82.3 Å². The molecule has 13 heteroatoms. The summed E-state index contributed by atoms with van der Waals surface area (Å²) in [5, 5.41) is 12.2. The van der Waals surface area contributed by atoms with Crippen LogP contribution in [0.5, 0.6) is 0 Å². The van der Waals surface area contributed by atoms with Crippen molar-refractivity contribution in [1.29, 1.82) is 0 Å². The third-order valence-electron chi connectivity index (χ3n) is 9.35. The van der Waals surface area contributed by atoms with E-state index in [9.17, 15) is 24.0 Å². The van der Waals surface area contributed by atoms with Crippen LogP contribution in [0.15, 0.2) is 54.6 Å². The largest absolute Gasteiger partial charge is 0.361 e. The van der Waals surface area contributed by atoms with Crippen LogP contribution in [-0.2, 0) is 30.3 Å². The summed E-state index contributed by atoms with van der Waals surface area (Å²) in [6, 6.07) is 14.0. The summed E-state index contributed by atoms with van der Waals surface area (Å²) in [5.74, 6) is -1.34. The van der Waals surface area contributed by atoms with Crippen LogP contribution < -0.4 is 21.3 Å². The third kappa shape index (κ3) is 10.4. The highest BCUT2D eigenvalue weighted by Gasteiger charge is 2.50. The first-order valence-electron chi connectivity index (χ1n) is 17.9. The molecule has 2 fully saturated rings. The normalized spacial score (nSPS) is 19.3. The van der Waals surface area contributed by atoms with Crippen molar-refractivity contribution in [2.45, 2.75) is 90.4 Å². The number of hydrogen-bond acceptors (Lipinski definition) is 8. The summed E-state index contributed by atoms with van der Waals surface area (Å²) in [5.41, 5.74) is 0.758. The number of piperidine rings is 1. The van der Waals surface area contributed by atoms with Gasteiger partial charge in [-0.1, -0.05) is 81.5 Å². The van der Waals surface area contributed by atoms with E-state index in [1.54, 1.807) is 11.8 Å². The zero-order valence-corrected chi connectivity index (χ0v) is 30.9. The van der Waals surface area contributed by atoms with Gasteiger partial charge < -0.3 is 30.9 Å². The Hall–Kier alpha value is -4.36. The van der Waals surface area contributed by atoms with Gasteiger partial charge in [-0.05, 0) is 62.1 Å². The maximum atomic E-state index is 13.9. The van der Waals surface area contributed by atoms with E-state index in [-0.39, 0.29) is 35.9 Å². The molecular weight excluding hydrogens is 669 g/mol. The lowest BCUT2D eigenvalue weighted by Crippen LogP contribution is -2.58. The number of para-hydroxylation sites is 1. The minimum Gasteiger partial charge on any atom is -0.361 e. The third-order valence-corrected chi connectivity index (χ3v) is 10.3. The SMILES string of the molecule is CC(C)C[C@H](NC(=O)N1CCC(C(=O)Nc2nc3ccccc3s2)CC1)C(=O)N[C@@H](Cc1ccccc1)C(=O)N[C@@H](CC(C)C)C(=O)[C@@]1(C)CO1. The van der Waals surface area contributed by atoms with Crippen LogP contribution in [0.3, 0.4) is 0 Å². The second kappa shape index (κ2) is 16.8. The fourth-order valence-corrected chi connectivity index (χ4v) is 7.22. The number of Topliss-reactive ketones (excluding diaryl/α,β-unsaturated/α-hetero) is 1. The molecule has 2 aliphatic heterocycles. The molecule has 0 unspecified atom stereocenters. The summed E-state index contributed by atoms with van der Waals surface area (Å²) >= 11 is 1.42. The average Bonchev–Trinajstić information content (AvgIpc) is 3.72. The van der Waals surface area contributed by atoms with Gasteiger partial charge in [0.25, 0.3) is 0 Å². The highest BCUT2D eigenvalue weighted by atomic mass is 32.1. The van der Waals surface area contributed by atoms with Crippen molar-refractivity contribution >= 4 is 56.2 Å². The second-order valence-corrected chi connectivity index (χ2v) is 15.7. The molecule has 5 rings (SSSR count). The average molecular weight is 719 g/mol. The summed E-state index contributed by atoms with van der Waals surface area (Å²) in [6.45, 7) is 10.6. The number of fused-ring (bicyclic) bond motifs is 1. The first-order valence-corrected chi connectivity index (χ1v) is 18.7. The van der Waals surface area contributed by atoms with Crippen molar-refractivity contribution < 1.29 is 28.7 Å². The lowest BCUT2D eigenvalue weighted by molar-refractivity contribution is -0.133. The molecule has 1 aromatic heterocycles. The molecule has 0 radical (unpaired) electrons. The van der Waals surface area contributed by atoms with Crippen LogP contribution in [0.4, 0.5) is 9.93 Å². The van der Waals surface area contributed by atoms with Crippen LogP contribution in [0.1, 0.15) is 65.9 Å². The van der Waals surface area contributed by atoms with Crippen LogP contribution >= 0.6 is 11.3 Å². The molecule has 4 N–H and O–H groups in total. The molecule has 12 nitrogen and oxygen atoms in total. The standard InChI is InChI=1S/C38H50N6O6S/c1-23(2)19-28(32(45)38(5)22-50-38)39-35(48)30(21-25-11-7-6-8-12-25)40-34(47)29(20-24(3)4)42-37(49)44-17-15-26(16-18-44)33(46)43-36-41-27-13-9-10-14-31(27)51-36/h6-14,23-24,26,28-30H,15-22H2,1-5H3,(H,39,48)(H,40,47)(H,42,49)(H,41,43,46)/t28-,29-,30-,38+/m0/s1. The number of amides is 5. The number of carbonyl (C=O) groups excluding carboxylic acids is 5. The molecule has 3 heterocycles. The number of thiazole rings is 1.